The zero-order valence-corrected chi connectivity index (χ0v) is 22.1. The zero-order valence-electron chi connectivity index (χ0n) is 21.3. The number of H-pyrrole nitrogens is 1. The Kier molecular flexibility index (Phi) is 7.18. The second-order valence-corrected chi connectivity index (χ2v) is 11.3. The fraction of sp³-hybridized carbons (Fsp3) is 0.0690. The lowest BCUT2D eigenvalue weighted by atomic mass is 9.99. The number of hydrogen-bond donors (Lipinski definition) is 3. The zero-order chi connectivity index (χ0) is 29.4. The van der Waals surface area contributed by atoms with Crippen molar-refractivity contribution in [3.8, 4) is 33.6 Å². The molecule has 2 heterocycles. The third-order valence-electron chi connectivity index (χ3n) is 6.25. The lowest BCUT2D eigenvalue weighted by Gasteiger charge is -2.16. The molecule has 12 heteroatoms. The standard InChI is InChI=1S/C29H21F4N5O2S/c1-41(34,40)20-9-7-17(8-10-20)19-13-26(27(35-16-19)18-5-3-2-4-6-18)37-28(39)22-14-21(25-11-12-36-38-25)23(15-24(22)30)29(31,32)33/h2-16,34H,1H3,(H,36,38)(H,37,39)/t41-/m0/s1. The summed E-state index contributed by atoms with van der Waals surface area (Å²) >= 11 is 0. The molecule has 3 N–H and O–H groups in total. The van der Waals surface area contributed by atoms with E-state index in [-0.39, 0.29) is 17.4 Å². The maximum atomic E-state index is 15.0. The fourth-order valence-electron chi connectivity index (χ4n) is 4.24. The SMILES string of the molecule is C[S@](=N)(=O)c1ccc(-c2cnc(-c3ccccc3)c(NC(=O)c3cc(-c4cc[nH]n4)c(C(F)(F)F)cc3F)c2)cc1. The number of benzene rings is 3. The van der Waals surface area contributed by atoms with E-state index < -0.39 is 44.3 Å². The summed E-state index contributed by atoms with van der Waals surface area (Å²) in [6, 6.07) is 19.3. The first-order chi connectivity index (χ1) is 19.4. The molecule has 0 radical (unpaired) electrons. The van der Waals surface area contributed by atoms with Crippen molar-refractivity contribution in [2.45, 2.75) is 11.1 Å². The van der Waals surface area contributed by atoms with Gasteiger partial charge >= 0.3 is 6.18 Å². The minimum Gasteiger partial charge on any atom is -0.320 e. The number of anilines is 1. The molecule has 0 spiro atoms. The molecular formula is C29H21F4N5O2S. The quantitative estimate of drug-likeness (QED) is 0.184. The molecule has 3 aromatic carbocycles. The van der Waals surface area contributed by atoms with Crippen molar-refractivity contribution in [2.24, 2.45) is 0 Å². The average Bonchev–Trinajstić information content (AvgIpc) is 3.47. The third-order valence-corrected chi connectivity index (χ3v) is 7.43. The van der Waals surface area contributed by atoms with Crippen LogP contribution in [0.15, 0.2) is 96.2 Å². The minimum atomic E-state index is -4.89. The highest BCUT2D eigenvalue weighted by molar-refractivity contribution is 7.91. The average molecular weight is 580 g/mol. The lowest BCUT2D eigenvalue weighted by molar-refractivity contribution is -0.137. The number of carbonyl (C=O) groups excluding carboxylic acids is 1. The first-order valence-corrected chi connectivity index (χ1v) is 14.0. The van der Waals surface area contributed by atoms with Crippen LogP contribution in [-0.4, -0.2) is 31.6 Å². The molecule has 0 saturated carbocycles. The van der Waals surface area contributed by atoms with Crippen LogP contribution in [0, 0.1) is 10.6 Å². The highest BCUT2D eigenvalue weighted by Crippen LogP contribution is 2.38. The van der Waals surface area contributed by atoms with E-state index in [1.807, 2.05) is 0 Å². The molecule has 208 valence electrons. The van der Waals surface area contributed by atoms with E-state index in [4.69, 9.17) is 4.78 Å². The number of aromatic nitrogens is 3. The van der Waals surface area contributed by atoms with Crippen molar-refractivity contribution in [1.29, 1.82) is 4.78 Å². The smallest absolute Gasteiger partial charge is 0.320 e. The fourth-order valence-corrected chi connectivity index (χ4v) is 4.90. The summed E-state index contributed by atoms with van der Waals surface area (Å²) in [7, 11) is -2.92. The van der Waals surface area contributed by atoms with E-state index in [0.29, 0.717) is 27.3 Å². The van der Waals surface area contributed by atoms with Crippen LogP contribution in [0.2, 0.25) is 0 Å². The molecular weight excluding hydrogens is 558 g/mol. The monoisotopic (exact) mass is 579 g/mol. The molecule has 0 aliphatic rings. The highest BCUT2D eigenvalue weighted by atomic mass is 32.2. The molecule has 1 amide bonds. The number of alkyl halides is 3. The third kappa shape index (κ3) is 5.87. The second-order valence-electron chi connectivity index (χ2n) is 9.14. The molecule has 0 unspecified atom stereocenters. The molecule has 5 aromatic rings. The van der Waals surface area contributed by atoms with Gasteiger partial charge in [0, 0.05) is 40.2 Å². The Labute approximate surface area is 232 Å². The first-order valence-electron chi connectivity index (χ1n) is 12.0. The molecule has 0 saturated heterocycles. The number of pyridine rings is 1. The Morgan fingerprint density at radius 1 is 0.951 bits per heavy atom. The van der Waals surface area contributed by atoms with Crippen LogP contribution >= 0.6 is 0 Å². The van der Waals surface area contributed by atoms with Gasteiger partial charge in [-0.1, -0.05) is 42.5 Å². The molecule has 0 bridgehead atoms. The first kappa shape index (κ1) is 27.7. The molecule has 2 aromatic heterocycles. The van der Waals surface area contributed by atoms with E-state index in [1.54, 1.807) is 66.9 Å². The Hall–Kier alpha value is -4.84. The van der Waals surface area contributed by atoms with E-state index in [9.17, 15) is 22.2 Å². The van der Waals surface area contributed by atoms with Crippen LogP contribution in [0.4, 0.5) is 23.2 Å². The molecule has 0 aliphatic carbocycles. The molecule has 0 fully saturated rings. The maximum absolute atomic E-state index is 15.0. The van der Waals surface area contributed by atoms with Crippen LogP contribution in [0.1, 0.15) is 15.9 Å². The second kappa shape index (κ2) is 10.6. The van der Waals surface area contributed by atoms with Gasteiger partial charge in [-0.05, 0) is 42.0 Å². The Morgan fingerprint density at radius 2 is 1.66 bits per heavy atom. The predicted molar refractivity (Wildman–Crippen MR) is 147 cm³/mol. The number of halogens is 4. The molecule has 5 rings (SSSR count). The van der Waals surface area contributed by atoms with Crippen molar-refractivity contribution < 1.29 is 26.6 Å². The summed E-state index contributed by atoms with van der Waals surface area (Å²) in [6.07, 6.45) is -0.699. The number of hydrogen-bond acceptors (Lipinski definition) is 5. The van der Waals surface area contributed by atoms with Gasteiger partial charge < -0.3 is 5.32 Å². The van der Waals surface area contributed by atoms with E-state index in [2.05, 4.69) is 20.5 Å². The minimum absolute atomic E-state index is 0.104. The number of carbonyl (C=O) groups is 1. The summed E-state index contributed by atoms with van der Waals surface area (Å²) < 4.78 is 75.9. The van der Waals surface area contributed by atoms with Crippen molar-refractivity contribution >= 4 is 21.3 Å². The largest absolute Gasteiger partial charge is 0.417 e. The van der Waals surface area contributed by atoms with E-state index in [1.165, 1.54) is 18.5 Å². The highest BCUT2D eigenvalue weighted by Gasteiger charge is 2.36. The summed E-state index contributed by atoms with van der Waals surface area (Å²) in [6.45, 7) is 0. The summed E-state index contributed by atoms with van der Waals surface area (Å²) in [5.74, 6) is -2.34. The Balaban J connectivity index is 1.58. The van der Waals surface area contributed by atoms with Gasteiger partial charge in [-0.3, -0.25) is 14.9 Å². The number of rotatable bonds is 6. The Morgan fingerprint density at radius 3 is 2.27 bits per heavy atom. The number of aromatic amines is 1. The van der Waals surface area contributed by atoms with Gasteiger partial charge in [0.05, 0.1) is 37.9 Å². The van der Waals surface area contributed by atoms with Crippen LogP contribution in [0.3, 0.4) is 0 Å². The number of nitrogens with zero attached hydrogens (tertiary/aromatic N) is 2. The lowest BCUT2D eigenvalue weighted by Crippen LogP contribution is -2.17. The van der Waals surface area contributed by atoms with E-state index >= 15 is 4.39 Å². The van der Waals surface area contributed by atoms with Gasteiger partial charge in [0.25, 0.3) is 5.91 Å². The summed E-state index contributed by atoms with van der Waals surface area (Å²) in [5, 5.41) is 8.81. The van der Waals surface area contributed by atoms with Crippen molar-refractivity contribution in [3.05, 3.63) is 108 Å². The van der Waals surface area contributed by atoms with Crippen molar-refractivity contribution in [3.63, 3.8) is 0 Å². The Bertz CT molecular complexity index is 1840. The molecule has 1 atom stereocenters. The normalized spacial score (nSPS) is 13.0. The molecule has 7 nitrogen and oxygen atoms in total. The van der Waals surface area contributed by atoms with Gasteiger partial charge in [-0.2, -0.15) is 18.3 Å². The number of nitrogens with one attached hydrogen (secondary N) is 3. The topological polar surface area (TPSA) is 112 Å². The van der Waals surface area contributed by atoms with Crippen LogP contribution in [-0.2, 0) is 15.9 Å². The van der Waals surface area contributed by atoms with Gasteiger partial charge in [-0.25, -0.2) is 13.4 Å². The van der Waals surface area contributed by atoms with Gasteiger partial charge in [0.15, 0.2) is 0 Å². The predicted octanol–water partition coefficient (Wildman–Crippen LogP) is 7.25. The van der Waals surface area contributed by atoms with Crippen LogP contribution < -0.4 is 5.32 Å². The summed E-state index contributed by atoms with van der Waals surface area (Å²) in [5.41, 5.74) is -0.0856. The number of amides is 1. The van der Waals surface area contributed by atoms with Crippen LogP contribution in [0.25, 0.3) is 33.6 Å². The van der Waals surface area contributed by atoms with Gasteiger partial charge in [0.2, 0.25) is 0 Å². The molecule has 41 heavy (non-hydrogen) atoms. The van der Waals surface area contributed by atoms with Gasteiger partial charge in [0.1, 0.15) is 5.82 Å². The molecule has 0 aliphatic heterocycles. The van der Waals surface area contributed by atoms with E-state index in [0.717, 1.165) is 6.07 Å². The van der Waals surface area contributed by atoms with Crippen LogP contribution in [0.5, 0.6) is 0 Å². The van der Waals surface area contributed by atoms with Gasteiger partial charge in [-0.15, -0.1) is 0 Å². The van der Waals surface area contributed by atoms with Crippen molar-refractivity contribution in [2.75, 3.05) is 11.6 Å². The maximum Gasteiger partial charge on any atom is 0.417 e. The van der Waals surface area contributed by atoms with Crippen molar-refractivity contribution in [1.82, 2.24) is 15.2 Å². The summed E-state index contributed by atoms with van der Waals surface area (Å²) in [4.78, 5) is 18.2.